The van der Waals surface area contributed by atoms with Gasteiger partial charge in [-0.25, -0.2) is 0 Å². The van der Waals surface area contributed by atoms with Gasteiger partial charge in [-0.2, -0.15) is 0 Å². The average Bonchev–Trinajstić information content (AvgIpc) is 2.29. The molecule has 0 saturated carbocycles. The summed E-state index contributed by atoms with van der Waals surface area (Å²) < 4.78 is 4.97. The highest BCUT2D eigenvalue weighted by Crippen LogP contribution is 2.12. The van der Waals surface area contributed by atoms with Crippen LogP contribution in [0, 0.1) is 5.92 Å². The van der Waals surface area contributed by atoms with Gasteiger partial charge in [0.05, 0.1) is 5.92 Å². The molecule has 16 heavy (non-hydrogen) atoms. The molecule has 4 nitrogen and oxygen atoms in total. The Morgan fingerprint density at radius 2 is 2.31 bits per heavy atom. The van der Waals surface area contributed by atoms with Crippen LogP contribution in [0.1, 0.15) is 19.3 Å². The predicted molar refractivity (Wildman–Crippen MR) is 67.0 cm³/mol. The lowest BCUT2D eigenvalue weighted by Gasteiger charge is -2.26. The van der Waals surface area contributed by atoms with Crippen molar-refractivity contribution in [3.05, 3.63) is 0 Å². The van der Waals surface area contributed by atoms with E-state index in [2.05, 4.69) is 5.32 Å². The highest BCUT2D eigenvalue weighted by molar-refractivity contribution is 5.85. The molecule has 1 amide bonds. The standard InChI is InChI=1S/C11H22N2O2.ClH/c1-13(7-4-8-15-2)11(14)10-5-3-6-12-9-10;/h10,12H,3-9H2,1-2H3;1H. The third-order valence-electron chi connectivity index (χ3n) is 2.86. The van der Waals surface area contributed by atoms with Crippen molar-refractivity contribution >= 4 is 18.3 Å². The van der Waals surface area contributed by atoms with Crippen LogP contribution in [-0.2, 0) is 9.53 Å². The van der Waals surface area contributed by atoms with E-state index in [9.17, 15) is 4.79 Å². The fraction of sp³-hybridized carbons (Fsp3) is 0.909. The number of rotatable bonds is 5. The summed E-state index contributed by atoms with van der Waals surface area (Å²) in [6.07, 6.45) is 3.06. The molecule has 0 aliphatic carbocycles. The second-order valence-corrected chi connectivity index (χ2v) is 4.15. The highest BCUT2D eigenvalue weighted by atomic mass is 35.5. The Morgan fingerprint density at radius 1 is 1.56 bits per heavy atom. The van der Waals surface area contributed by atoms with E-state index in [0.717, 1.165) is 45.5 Å². The maximum Gasteiger partial charge on any atom is 0.226 e. The monoisotopic (exact) mass is 250 g/mol. The fourth-order valence-electron chi connectivity index (χ4n) is 1.93. The number of carbonyl (C=O) groups is 1. The molecular weight excluding hydrogens is 228 g/mol. The lowest BCUT2D eigenvalue weighted by atomic mass is 9.98. The van der Waals surface area contributed by atoms with E-state index in [-0.39, 0.29) is 24.2 Å². The zero-order valence-electron chi connectivity index (χ0n) is 10.2. The van der Waals surface area contributed by atoms with Gasteiger partial charge in [0.1, 0.15) is 0 Å². The topological polar surface area (TPSA) is 41.6 Å². The highest BCUT2D eigenvalue weighted by Gasteiger charge is 2.23. The lowest BCUT2D eigenvalue weighted by molar-refractivity contribution is -0.134. The summed E-state index contributed by atoms with van der Waals surface area (Å²) in [6.45, 7) is 3.41. The second-order valence-electron chi connectivity index (χ2n) is 4.15. The minimum atomic E-state index is 0. The van der Waals surface area contributed by atoms with Crippen LogP contribution in [-0.4, -0.2) is 51.2 Å². The maximum atomic E-state index is 11.9. The van der Waals surface area contributed by atoms with E-state index in [1.54, 1.807) is 7.11 Å². The third-order valence-corrected chi connectivity index (χ3v) is 2.86. The molecule has 1 aliphatic rings. The first-order chi connectivity index (χ1) is 7.25. The molecule has 1 fully saturated rings. The first-order valence-corrected chi connectivity index (χ1v) is 5.70. The molecule has 1 heterocycles. The first-order valence-electron chi connectivity index (χ1n) is 5.70. The van der Waals surface area contributed by atoms with E-state index >= 15 is 0 Å². The van der Waals surface area contributed by atoms with Gasteiger partial charge in [-0.3, -0.25) is 4.79 Å². The molecule has 1 unspecified atom stereocenters. The number of hydrogen-bond donors (Lipinski definition) is 1. The molecule has 1 N–H and O–H groups in total. The van der Waals surface area contributed by atoms with Crippen molar-refractivity contribution in [3.63, 3.8) is 0 Å². The molecule has 0 spiro atoms. The minimum absolute atomic E-state index is 0. The first kappa shape index (κ1) is 15.7. The van der Waals surface area contributed by atoms with Crippen LogP contribution in [0.4, 0.5) is 0 Å². The van der Waals surface area contributed by atoms with Crippen molar-refractivity contribution in [3.8, 4) is 0 Å². The maximum absolute atomic E-state index is 11.9. The van der Waals surface area contributed by atoms with Crippen molar-refractivity contribution in [2.75, 3.05) is 40.4 Å². The second kappa shape index (κ2) is 8.79. The number of piperidine rings is 1. The Kier molecular flexibility index (Phi) is 8.61. The smallest absolute Gasteiger partial charge is 0.226 e. The van der Waals surface area contributed by atoms with E-state index in [1.807, 2.05) is 11.9 Å². The Labute approximate surface area is 104 Å². The van der Waals surface area contributed by atoms with Crippen LogP contribution in [0.25, 0.3) is 0 Å². The fourth-order valence-corrected chi connectivity index (χ4v) is 1.93. The van der Waals surface area contributed by atoms with Gasteiger partial charge in [0.15, 0.2) is 0 Å². The Hall–Kier alpha value is -0.320. The Morgan fingerprint density at radius 3 is 2.88 bits per heavy atom. The van der Waals surface area contributed by atoms with Crippen molar-refractivity contribution < 1.29 is 9.53 Å². The van der Waals surface area contributed by atoms with Gasteiger partial charge in [-0.1, -0.05) is 0 Å². The molecular formula is C11H23ClN2O2. The number of nitrogens with zero attached hydrogens (tertiary/aromatic N) is 1. The molecule has 0 aromatic carbocycles. The summed E-state index contributed by atoms with van der Waals surface area (Å²) in [5, 5.41) is 3.27. The number of methoxy groups -OCH3 is 1. The van der Waals surface area contributed by atoms with Crippen LogP contribution < -0.4 is 5.32 Å². The zero-order chi connectivity index (χ0) is 11.1. The van der Waals surface area contributed by atoms with E-state index in [1.165, 1.54) is 0 Å². The van der Waals surface area contributed by atoms with E-state index < -0.39 is 0 Å². The summed E-state index contributed by atoms with van der Waals surface area (Å²) in [6, 6.07) is 0. The quantitative estimate of drug-likeness (QED) is 0.738. The van der Waals surface area contributed by atoms with Gasteiger partial charge in [-0.05, 0) is 25.8 Å². The normalized spacial score (nSPS) is 20.0. The van der Waals surface area contributed by atoms with Crippen LogP contribution in [0.5, 0.6) is 0 Å². The van der Waals surface area contributed by atoms with Crippen LogP contribution in [0.15, 0.2) is 0 Å². The molecule has 1 atom stereocenters. The van der Waals surface area contributed by atoms with Crippen LogP contribution >= 0.6 is 12.4 Å². The van der Waals surface area contributed by atoms with Crippen molar-refractivity contribution in [1.29, 1.82) is 0 Å². The number of nitrogens with one attached hydrogen (secondary N) is 1. The molecule has 1 saturated heterocycles. The number of ether oxygens (including phenoxy) is 1. The third kappa shape index (κ3) is 5.14. The van der Waals surface area contributed by atoms with Crippen molar-refractivity contribution in [1.82, 2.24) is 10.2 Å². The molecule has 0 aromatic rings. The zero-order valence-corrected chi connectivity index (χ0v) is 11.0. The Balaban J connectivity index is 0.00000225. The van der Waals surface area contributed by atoms with Crippen LogP contribution in [0.2, 0.25) is 0 Å². The molecule has 0 bridgehead atoms. The van der Waals surface area contributed by atoms with Crippen molar-refractivity contribution in [2.45, 2.75) is 19.3 Å². The lowest BCUT2D eigenvalue weighted by Crippen LogP contribution is -2.41. The van der Waals surface area contributed by atoms with E-state index in [4.69, 9.17) is 4.74 Å². The summed E-state index contributed by atoms with van der Waals surface area (Å²) in [5.74, 6) is 0.463. The molecule has 0 radical (unpaired) electrons. The number of hydrogen-bond acceptors (Lipinski definition) is 3. The van der Waals surface area contributed by atoms with Gasteiger partial charge >= 0.3 is 0 Å². The minimum Gasteiger partial charge on any atom is -0.385 e. The Bertz CT molecular complexity index is 196. The summed E-state index contributed by atoms with van der Waals surface area (Å²) >= 11 is 0. The average molecular weight is 251 g/mol. The largest absolute Gasteiger partial charge is 0.385 e. The van der Waals surface area contributed by atoms with Gasteiger partial charge in [0, 0.05) is 33.9 Å². The molecule has 0 aromatic heterocycles. The van der Waals surface area contributed by atoms with Gasteiger partial charge in [0.25, 0.3) is 0 Å². The van der Waals surface area contributed by atoms with E-state index in [0.29, 0.717) is 0 Å². The molecule has 5 heteroatoms. The van der Waals surface area contributed by atoms with Gasteiger partial charge in [-0.15, -0.1) is 12.4 Å². The molecule has 1 rings (SSSR count). The van der Waals surface area contributed by atoms with Gasteiger partial charge < -0.3 is 15.0 Å². The molecule has 96 valence electrons. The van der Waals surface area contributed by atoms with Gasteiger partial charge in [0.2, 0.25) is 5.91 Å². The molecule has 1 aliphatic heterocycles. The predicted octanol–water partition coefficient (Wildman–Crippen LogP) is 0.903. The van der Waals surface area contributed by atoms with Crippen molar-refractivity contribution in [2.24, 2.45) is 5.92 Å². The summed E-state index contributed by atoms with van der Waals surface area (Å²) in [4.78, 5) is 13.8. The summed E-state index contributed by atoms with van der Waals surface area (Å²) in [7, 11) is 3.57. The SMILES string of the molecule is COCCCN(C)C(=O)C1CCCNC1.Cl. The number of amides is 1. The number of carbonyl (C=O) groups excluding carboxylic acids is 1. The van der Waals surface area contributed by atoms with Crippen LogP contribution in [0.3, 0.4) is 0 Å². The summed E-state index contributed by atoms with van der Waals surface area (Å²) in [5.41, 5.74) is 0. The number of halogens is 1.